The van der Waals surface area contributed by atoms with E-state index in [1.807, 2.05) is 29.1 Å². The number of hydrogen-bond acceptors (Lipinski definition) is 14. The first-order valence-corrected chi connectivity index (χ1v) is 34.6. The molecular formula is C73H96F2N12O8. The molecule has 6 amide bonds. The van der Waals surface area contributed by atoms with E-state index in [0.717, 1.165) is 177 Å². The number of aryl methyl sites for hydroxylation is 1. The highest BCUT2D eigenvalue weighted by atomic mass is 19.1. The first kappa shape index (κ1) is 68.6. The van der Waals surface area contributed by atoms with Crippen molar-refractivity contribution in [1.82, 2.24) is 39.4 Å². The van der Waals surface area contributed by atoms with Crippen molar-refractivity contribution in [3.8, 4) is 11.8 Å². The molecule has 510 valence electrons. The summed E-state index contributed by atoms with van der Waals surface area (Å²) in [5, 5.41) is 0. The third-order valence-electron chi connectivity index (χ3n) is 22.2. The number of anilines is 4. The number of ether oxygens (including phenoxy) is 2. The molecule has 3 spiro atoms. The van der Waals surface area contributed by atoms with Gasteiger partial charge in [0.1, 0.15) is 18.0 Å². The number of amides is 6. The van der Waals surface area contributed by atoms with Crippen molar-refractivity contribution in [1.29, 1.82) is 0 Å². The maximum absolute atomic E-state index is 14.2. The Balaban J connectivity index is 0.000000145. The zero-order valence-electron chi connectivity index (χ0n) is 56.8. The Kier molecular flexibility index (Phi) is 21.5. The van der Waals surface area contributed by atoms with Crippen LogP contribution in [0.25, 0.3) is 0 Å². The Morgan fingerprint density at radius 1 is 0.589 bits per heavy atom. The van der Waals surface area contributed by atoms with Gasteiger partial charge in [0.2, 0.25) is 11.7 Å². The van der Waals surface area contributed by atoms with Gasteiger partial charge < -0.3 is 53.6 Å². The molecule has 0 N–H and O–H groups in total. The van der Waals surface area contributed by atoms with E-state index < -0.39 is 11.7 Å². The Morgan fingerprint density at radius 2 is 1.05 bits per heavy atom. The number of Topliss-reactive ketones (excluding diaryl/α,β-unsaturated/α-hetero) is 1. The fraction of sp³-hybridized carbons (Fsp3) is 0.589. The van der Waals surface area contributed by atoms with Crippen molar-refractivity contribution >= 4 is 58.6 Å². The van der Waals surface area contributed by atoms with Crippen LogP contribution in [0, 0.1) is 30.4 Å². The first-order chi connectivity index (χ1) is 45.8. The predicted octanol–water partition coefficient (Wildman–Crippen LogP) is 9.55. The van der Waals surface area contributed by atoms with Crippen molar-refractivity contribution in [3.63, 3.8) is 0 Å². The fourth-order valence-electron chi connectivity index (χ4n) is 17.0. The molecule has 95 heavy (non-hydrogen) atoms. The Morgan fingerprint density at radius 3 is 1.53 bits per heavy atom. The molecule has 3 aromatic carbocycles. The number of aromatic nitrogens is 2. The summed E-state index contributed by atoms with van der Waals surface area (Å²) in [6.07, 6.45) is 16.7. The summed E-state index contributed by atoms with van der Waals surface area (Å²) < 4.78 is 38.7. The number of rotatable bonds is 8. The summed E-state index contributed by atoms with van der Waals surface area (Å²) in [6, 6.07) is 17.2. The van der Waals surface area contributed by atoms with Gasteiger partial charge >= 0.3 is 18.2 Å². The molecule has 0 atom stereocenters. The minimum Gasteiger partial charge on any atom is -0.450 e. The second kappa shape index (κ2) is 29.7. The van der Waals surface area contributed by atoms with Crippen LogP contribution >= 0.6 is 0 Å². The summed E-state index contributed by atoms with van der Waals surface area (Å²) in [6.45, 7) is 22.2. The number of halogens is 2. The third kappa shape index (κ3) is 14.5. The predicted molar refractivity (Wildman–Crippen MR) is 362 cm³/mol. The number of ketones is 1. The third-order valence-corrected chi connectivity index (χ3v) is 22.2. The van der Waals surface area contributed by atoms with Crippen LogP contribution in [0.15, 0.2) is 73.3 Å². The zero-order valence-corrected chi connectivity index (χ0v) is 56.8. The normalized spacial score (nSPS) is 21.0. The Hall–Kier alpha value is -7.74. The molecule has 10 heterocycles. The topological polar surface area (TPSA) is 179 Å². The first-order valence-electron chi connectivity index (χ1n) is 34.6. The molecule has 4 aromatic rings. The molecule has 0 aliphatic carbocycles. The highest BCUT2D eigenvalue weighted by Crippen LogP contribution is 2.51. The molecule has 0 unspecified atom stereocenters. The van der Waals surface area contributed by atoms with Crippen LogP contribution in [0.4, 0.5) is 45.9 Å². The number of piperidine rings is 6. The van der Waals surface area contributed by atoms with Gasteiger partial charge in [0.25, 0.3) is 5.91 Å². The number of urea groups is 1. The molecule has 6 fully saturated rings. The summed E-state index contributed by atoms with van der Waals surface area (Å²) in [5.41, 5.74) is 7.91. The molecule has 9 aliphatic rings. The SMILES string of the molecule is CC#CCOC(=O)N1CCC(N2CCC3(CC2)CN(C(C)=O)c2cccc(C)c23)CC1.CCOC(=O)N1CCC(N2CCC3(CC2)CN(C(=O)C(=O)CC)c2ccc(F)cc23)CC1.CN(C)C(=O)N1CC2(CCN(C3CCN(c4cncnc4)CC3)CC2)c2cc(F)ccc21. The number of carbonyl (C=O) groups is 6. The quantitative estimate of drug-likeness (QED) is 0.120. The van der Waals surface area contributed by atoms with Gasteiger partial charge in [-0.25, -0.2) is 33.1 Å². The number of nitrogens with zero attached hydrogens (tertiary/aromatic N) is 12. The number of benzene rings is 3. The van der Waals surface area contributed by atoms with Gasteiger partial charge in [0.05, 0.1) is 24.7 Å². The standard InChI is InChI=1S/C25H33N3O3.C24H31FN6O.C24H32FN3O4/c1-4-5-17-31-24(30)27-13-9-21(10-14-27)26-15-11-25(12-16-26)18-28(20(3)29)22-8-6-7-19(2)23(22)25;1-28(2)23(32)31-16-24(21-13-18(25)3-4-22(21)31)7-11-30(12-8-24)19-5-9-29(10-6-19)20-14-26-17-27-15-20;1-3-21(29)22(30)28-16-24(19-15-17(25)5-6-20(19)28)9-13-26(14-10-24)18-7-11-27(12-8-18)23(31)32-4-2/h6-8,21H,9-18H2,1-3H3;3-4,13-15,17,19H,5-12,16H2,1-2H3;5-6,15,18H,3-4,7-14,16H2,1-2H3. The van der Waals surface area contributed by atoms with E-state index in [0.29, 0.717) is 56.6 Å². The van der Waals surface area contributed by atoms with Crippen molar-refractivity contribution < 1.29 is 47.0 Å². The minimum absolute atomic E-state index is 0.0329. The highest BCUT2D eigenvalue weighted by Gasteiger charge is 2.51. The van der Waals surface area contributed by atoms with Gasteiger partial charge in [-0.05, 0) is 202 Å². The van der Waals surface area contributed by atoms with Crippen molar-refractivity contribution in [2.45, 2.75) is 152 Å². The smallest absolute Gasteiger partial charge is 0.410 e. The van der Waals surface area contributed by atoms with Crippen molar-refractivity contribution in [2.24, 2.45) is 0 Å². The van der Waals surface area contributed by atoms with Gasteiger partial charge in [0.15, 0.2) is 6.61 Å². The van der Waals surface area contributed by atoms with E-state index >= 15 is 0 Å². The van der Waals surface area contributed by atoms with Gasteiger partial charge in [-0.2, -0.15) is 0 Å². The highest BCUT2D eigenvalue weighted by molar-refractivity contribution is 6.41. The van der Waals surface area contributed by atoms with E-state index in [1.54, 1.807) is 85.1 Å². The van der Waals surface area contributed by atoms with Crippen LogP contribution < -0.4 is 19.6 Å². The molecule has 22 heteroatoms. The molecule has 0 bridgehead atoms. The molecule has 9 aliphatic heterocycles. The maximum atomic E-state index is 14.2. The van der Waals surface area contributed by atoms with Gasteiger partial charge in [0, 0.05) is 138 Å². The number of likely N-dealkylation sites (tertiary alicyclic amines) is 5. The average Bonchev–Trinajstić information content (AvgIpc) is 1.62. The lowest BCUT2D eigenvalue weighted by atomic mass is 9.72. The summed E-state index contributed by atoms with van der Waals surface area (Å²) >= 11 is 0. The second-order valence-corrected chi connectivity index (χ2v) is 27.7. The van der Waals surface area contributed by atoms with Crippen LogP contribution in [0.2, 0.25) is 0 Å². The molecule has 20 nitrogen and oxygen atoms in total. The minimum atomic E-state index is -0.494. The van der Waals surface area contributed by atoms with Crippen molar-refractivity contribution in [2.75, 3.05) is 145 Å². The average molecular weight is 1310 g/mol. The molecule has 13 rings (SSSR count). The van der Waals surface area contributed by atoms with Gasteiger partial charge in [-0.1, -0.05) is 25.0 Å². The van der Waals surface area contributed by atoms with E-state index in [-0.39, 0.29) is 65.0 Å². The number of carbonyl (C=O) groups excluding carboxylic acids is 6. The fourth-order valence-corrected chi connectivity index (χ4v) is 17.0. The van der Waals surface area contributed by atoms with Crippen molar-refractivity contribution in [3.05, 3.63) is 107 Å². The van der Waals surface area contributed by atoms with Crippen LogP contribution in [-0.2, 0) is 40.1 Å². The monoisotopic (exact) mass is 1310 g/mol. The summed E-state index contributed by atoms with van der Waals surface area (Å²) in [7, 11) is 3.54. The lowest BCUT2D eigenvalue weighted by Crippen LogP contribution is -2.52. The van der Waals surface area contributed by atoms with Crippen LogP contribution in [0.5, 0.6) is 0 Å². The molecule has 6 saturated heterocycles. The molecule has 1 aromatic heterocycles. The molecule has 0 saturated carbocycles. The van der Waals surface area contributed by atoms with E-state index in [2.05, 4.69) is 66.5 Å². The molecule has 0 radical (unpaired) electrons. The zero-order chi connectivity index (χ0) is 67.2. The lowest BCUT2D eigenvalue weighted by molar-refractivity contribution is -0.136. The van der Waals surface area contributed by atoms with Crippen LogP contribution in [-0.4, -0.2) is 219 Å². The number of fused-ring (bicyclic) bond motifs is 6. The summed E-state index contributed by atoms with van der Waals surface area (Å²) in [4.78, 5) is 103. The Labute approximate surface area is 559 Å². The largest absolute Gasteiger partial charge is 0.450 e. The van der Waals surface area contributed by atoms with Crippen LogP contribution in [0.1, 0.15) is 133 Å². The maximum Gasteiger partial charge on any atom is 0.410 e. The lowest BCUT2D eigenvalue weighted by Gasteiger charge is -2.45. The second-order valence-electron chi connectivity index (χ2n) is 27.7. The van der Waals surface area contributed by atoms with Gasteiger partial charge in [-0.15, -0.1) is 5.92 Å². The Bertz CT molecular complexity index is 3480. The van der Waals surface area contributed by atoms with Gasteiger partial charge in [-0.3, -0.25) is 19.3 Å². The summed E-state index contributed by atoms with van der Waals surface area (Å²) in [5.74, 6) is 4.21. The van der Waals surface area contributed by atoms with E-state index in [4.69, 9.17) is 9.47 Å². The van der Waals surface area contributed by atoms with Crippen LogP contribution in [0.3, 0.4) is 0 Å². The van der Waals surface area contributed by atoms with E-state index in [1.165, 1.54) is 23.3 Å². The molecular weight excluding hydrogens is 1210 g/mol. The number of hydrogen-bond donors (Lipinski definition) is 0. The van der Waals surface area contributed by atoms with E-state index in [9.17, 15) is 37.5 Å².